The molecule has 3 aromatic carbocycles. The van der Waals surface area contributed by atoms with E-state index in [1.165, 1.54) is 25.1 Å². The largest absolute Gasteiger partial charge is 0.450 e. The molecule has 114 valence electrons. The third kappa shape index (κ3) is 3.03. The van der Waals surface area contributed by atoms with Gasteiger partial charge in [-0.1, -0.05) is 30.3 Å². The van der Waals surface area contributed by atoms with Crippen LogP contribution in [0.15, 0.2) is 60.7 Å². The van der Waals surface area contributed by atoms with Crippen molar-refractivity contribution in [3.05, 3.63) is 76.3 Å². The topological polar surface area (TPSA) is 69.4 Å². The van der Waals surface area contributed by atoms with Gasteiger partial charge in [0.05, 0.1) is 4.92 Å². The Hall–Kier alpha value is -3.21. The summed E-state index contributed by atoms with van der Waals surface area (Å²) in [6.07, 6.45) is 0. The third-order valence-corrected chi connectivity index (χ3v) is 3.51. The molecule has 0 aliphatic heterocycles. The van der Waals surface area contributed by atoms with E-state index in [1.807, 2.05) is 36.4 Å². The Balaban J connectivity index is 2.00. The number of hydrogen-bond donors (Lipinski definition) is 0. The maximum Gasteiger partial charge on any atom is 0.312 e. The summed E-state index contributed by atoms with van der Waals surface area (Å²) < 4.78 is 5.66. The molecule has 0 spiro atoms. The number of carbonyl (C=O) groups excluding carboxylic acids is 1. The Kier molecular flexibility index (Phi) is 3.76. The average molecular weight is 307 g/mol. The van der Waals surface area contributed by atoms with Crippen LogP contribution < -0.4 is 4.74 Å². The molecule has 0 radical (unpaired) electrons. The maximum absolute atomic E-state index is 11.4. The fourth-order valence-electron chi connectivity index (χ4n) is 2.32. The number of nitro groups is 1. The molecule has 3 rings (SSSR count). The molecule has 0 atom stereocenters. The Morgan fingerprint density at radius 3 is 2.43 bits per heavy atom. The minimum Gasteiger partial charge on any atom is -0.450 e. The monoisotopic (exact) mass is 307 g/mol. The zero-order chi connectivity index (χ0) is 16.4. The summed E-state index contributed by atoms with van der Waals surface area (Å²) in [5.41, 5.74) is 0.0495. The van der Waals surface area contributed by atoms with Crippen LogP contribution in [0.3, 0.4) is 0 Å². The lowest BCUT2D eigenvalue weighted by molar-refractivity contribution is -0.385. The lowest BCUT2D eigenvalue weighted by atomic mass is 10.1. The van der Waals surface area contributed by atoms with Crippen LogP contribution in [-0.4, -0.2) is 10.7 Å². The smallest absolute Gasteiger partial charge is 0.312 e. The van der Waals surface area contributed by atoms with Crippen molar-refractivity contribution >= 4 is 22.2 Å². The number of nitro benzene ring substituents is 1. The van der Waals surface area contributed by atoms with Gasteiger partial charge in [-0.25, -0.2) is 0 Å². The van der Waals surface area contributed by atoms with Crippen molar-refractivity contribution in [2.24, 2.45) is 0 Å². The zero-order valence-electron chi connectivity index (χ0n) is 12.4. The van der Waals surface area contributed by atoms with Crippen LogP contribution in [0.5, 0.6) is 11.5 Å². The number of rotatable bonds is 4. The van der Waals surface area contributed by atoms with E-state index in [0.29, 0.717) is 5.75 Å². The second-order valence-corrected chi connectivity index (χ2v) is 5.11. The lowest BCUT2D eigenvalue weighted by Crippen LogP contribution is -1.98. The van der Waals surface area contributed by atoms with Gasteiger partial charge in [0.1, 0.15) is 5.75 Å². The van der Waals surface area contributed by atoms with Gasteiger partial charge in [0.25, 0.3) is 0 Å². The summed E-state index contributed by atoms with van der Waals surface area (Å²) >= 11 is 0. The highest BCUT2D eigenvalue weighted by Crippen LogP contribution is 2.33. The quantitative estimate of drug-likeness (QED) is 0.396. The van der Waals surface area contributed by atoms with Crippen LogP contribution in [-0.2, 0) is 0 Å². The van der Waals surface area contributed by atoms with E-state index in [2.05, 4.69) is 0 Å². The number of carbonyl (C=O) groups is 1. The van der Waals surface area contributed by atoms with E-state index in [4.69, 9.17) is 4.74 Å². The summed E-state index contributed by atoms with van der Waals surface area (Å²) in [4.78, 5) is 22.0. The highest BCUT2D eigenvalue weighted by Gasteiger charge is 2.18. The van der Waals surface area contributed by atoms with Gasteiger partial charge in [0.2, 0.25) is 5.75 Å². The zero-order valence-corrected chi connectivity index (χ0v) is 12.4. The number of ether oxygens (including phenoxy) is 1. The predicted octanol–water partition coefficient (Wildman–Crippen LogP) is 4.74. The van der Waals surface area contributed by atoms with Crippen LogP contribution in [0.4, 0.5) is 5.69 Å². The molecular weight excluding hydrogens is 294 g/mol. The normalized spacial score (nSPS) is 10.5. The van der Waals surface area contributed by atoms with E-state index in [9.17, 15) is 14.9 Å². The molecule has 0 bridgehead atoms. The summed E-state index contributed by atoms with van der Waals surface area (Å²) in [7, 11) is 0. The van der Waals surface area contributed by atoms with Crippen molar-refractivity contribution in [3.63, 3.8) is 0 Å². The Morgan fingerprint density at radius 2 is 1.74 bits per heavy atom. The molecule has 0 fully saturated rings. The summed E-state index contributed by atoms with van der Waals surface area (Å²) in [5.74, 6) is 0.378. The van der Waals surface area contributed by atoms with Crippen LogP contribution in [0.2, 0.25) is 0 Å². The Morgan fingerprint density at radius 1 is 1.00 bits per heavy atom. The van der Waals surface area contributed by atoms with Gasteiger partial charge in [-0.2, -0.15) is 0 Å². The number of benzene rings is 3. The third-order valence-electron chi connectivity index (χ3n) is 3.51. The van der Waals surface area contributed by atoms with Gasteiger partial charge in [0, 0.05) is 11.6 Å². The highest BCUT2D eigenvalue weighted by molar-refractivity contribution is 5.95. The number of hydrogen-bond acceptors (Lipinski definition) is 4. The minimum absolute atomic E-state index is 0.107. The number of fused-ring (bicyclic) bond motifs is 1. The molecule has 0 unspecified atom stereocenters. The number of ketones is 1. The first kappa shape index (κ1) is 14.7. The van der Waals surface area contributed by atoms with E-state index in [1.54, 1.807) is 6.07 Å². The summed E-state index contributed by atoms with van der Waals surface area (Å²) in [5, 5.41) is 13.2. The second-order valence-electron chi connectivity index (χ2n) is 5.11. The molecule has 0 saturated heterocycles. The molecular formula is C18H13NO4. The van der Waals surface area contributed by atoms with Crippen LogP contribution in [0, 0.1) is 10.1 Å². The van der Waals surface area contributed by atoms with Gasteiger partial charge in [-0.05, 0) is 42.0 Å². The van der Waals surface area contributed by atoms with Crippen LogP contribution in [0.1, 0.15) is 17.3 Å². The van der Waals surface area contributed by atoms with Crippen molar-refractivity contribution in [1.29, 1.82) is 0 Å². The summed E-state index contributed by atoms with van der Waals surface area (Å²) in [6, 6.07) is 17.4. The molecule has 0 aliphatic rings. The molecule has 5 heteroatoms. The molecule has 5 nitrogen and oxygen atoms in total. The first-order valence-corrected chi connectivity index (χ1v) is 7.00. The van der Waals surface area contributed by atoms with Crippen molar-refractivity contribution in [1.82, 2.24) is 0 Å². The van der Waals surface area contributed by atoms with Crippen molar-refractivity contribution in [2.45, 2.75) is 6.92 Å². The number of Topliss-reactive ketones (excluding diaryl/α,β-unsaturated/α-hetero) is 1. The van der Waals surface area contributed by atoms with Gasteiger partial charge in [0.15, 0.2) is 5.78 Å². The van der Waals surface area contributed by atoms with Crippen molar-refractivity contribution in [2.75, 3.05) is 0 Å². The van der Waals surface area contributed by atoms with E-state index < -0.39 is 4.92 Å². The molecule has 0 heterocycles. The minimum atomic E-state index is -0.553. The Labute approximate surface area is 132 Å². The first-order valence-electron chi connectivity index (χ1n) is 7.00. The molecule has 0 saturated carbocycles. The average Bonchev–Trinajstić information content (AvgIpc) is 2.54. The van der Waals surface area contributed by atoms with Gasteiger partial charge in [-0.15, -0.1) is 0 Å². The maximum atomic E-state index is 11.4. The SMILES string of the molecule is CC(=O)c1ccc(Oc2ccc3ccccc3c2)c([N+](=O)[O-])c1. The molecule has 0 amide bonds. The highest BCUT2D eigenvalue weighted by atomic mass is 16.6. The van der Waals surface area contributed by atoms with Gasteiger partial charge >= 0.3 is 5.69 Å². The van der Waals surface area contributed by atoms with Crippen LogP contribution >= 0.6 is 0 Å². The number of nitrogens with zero attached hydrogens (tertiary/aromatic N) is 1. The standard InChI is InChI=1S/C18H13NO4/c1-12(20)14-7-9-18(17(11-14)19(21)22)23-16-8-6-13-4-2-3-5-15(13)10-16/h2-11H,1H3. The first-order chi connectivity index (χ1) is 11.0. The second kappa shape index (κ2) is 5.88. The molecule has 3 aromatic rings. The van der Waals surface area contributed by atoms with Crippen LogP contribution in [0.25, 0.3) is 10.8 Å². The van der Waals surface area contributed by atoms with Gasteiger partial charge < -0.3 is 4.74 Å². The predicted molar refractivity (Wildman–Crippen MR) is 87.1 cm³/mol. The lowest BCUT2D eigenvalue weighted by Gasteiger charge is -2.08. The molecule has 0 N–H and O–H groups in total. The van der Waals surface area contributed by atoms with Crippen molar-refractivity contribution < 1.29 is 14.5 Å². The van der Waals surface area contributed by atoms with E-state index >= 15 is 0 Å². The molecule has 0 aliphatic carbocycles. The van der Waals surface area contributed by atoms with E-state index in [0.717, 1.165) is 10.8 Å². The summed E-state index contributed by atoms with van der Waals surface area (Å²) in [6.45, 7) is 1.36. The fourth-order valence-corrected chi connectivity index (χ4v) is 2.32. The fraction of sp³-hybridized carbons (Fsp3) is 0.0556. The Bertz CT molecular complexity index is 918. The molecule has 0 aromatic heterocycles. The van der Waals surface area contributed by atoms with Crippen molar-refractivity contribution in [3.8, 4) is 11.5 Å². The van der Waals surface area contributed by atoms with E-state index in [-0.39, 0.29) is 22.8 Å². The van der Waals surface area contributed by atoms with Gasteiger partial charge in [-0.3, -0.25) is 14.9 Å². The molecule has 23 heavy (non-hydrogen) atoms.